The molecule has 1 aliphatic heterocycles. The number of carbonyl (C=O) groups is 3. The van der Waals surface area contributed by atoms with Crippen LogP contribution in [0.2, 0.25) is 0 Å². The van der Waals surface area contributed by atoms with Crippen molar-refractivity contribution in [2.24, 2.45) is 11.8 Å². The maximum Gasteiger partial charge on any atom is 0.274 e. The number of nitro benzene ring substituents is 2. The predicted molar refractivity (Wildman–Crippen MR) is 130 cm³/mol. The van der Waals surface area contributed by atoms with Gasteiger partial charge in [0, 0.05) is 33.4 Å². The highest BCUT2D eigenvalue weighted by Gasteiger charge is 2.54. The summed E-state index contributed by atoms with van der Waals surface area (Å²) >= 11 is 7.03. The Kier molecular flexibility index (Phi) is 6.99. The van der Waals surface area contributed by atoms with Gasteiger partial charge in [0.2, 0.25) is 0 Å². The Hall–Kier alpha value is -3.19. The van der Waals surface area contributed by atoms with Crippen LogP contribution in [0.3, 0.4) is 0 Å². The number of rotatable bonds is 6. The van der Waals surface area contributed by atoms with Gasteiger partial charge in [-0.2, -0.15) is 5.01 Å². The van der Waals surface area contributed by atoms with Crippen molar-refractivity contribution in [3.05, 3.63) is 79.9 Å². The molecular weight excluding hydrogens is 592 g/mol. The average molecular weight is 610 g/mol. The molecule has 2 aromatic rings. The van der Waals surface area contributed by atoms with Crippen LogP contribution in [0.25, 0.3) is 0 Å². The lowest BCUT2D eigenvalue weighted by Crippen LogP contribution is -2.49. The van der Waals surface area contributed by atoms with E-state index in [0.29, 0.717) is 12.8 Å². The van der Waals surface area contributed by atoms with Crippen LogP contribution in [0.5, 0.6) is 0 Å². The highest BCUT2D eigenvalue weighted by molar-refractivity contribution is 9.12. The number of hydrogen-bond acceptors (Lipinski definition) is 7. The van der Waals surface area contributed by atoms with Gasteiger partial charge in [-0.05, 0) is 18.9 Å². The van der Waals surface area contributed by atoms with E-state index in [0.717, 1.165) is 16.1 Å². The number of amides is 3. The number of hydrogen-bond donors (Lipinski definition) is 0. The SMILES string of the molecule is O=C(c1cccc([N+](=O)[O-])c1)N(Cc1ccccc1[N+](=O)[O-])N1C(=O)[C@H]2C[C@H](Br)[C@@H](Br)C[C@H]2C1=O. The number of fused-ring (bicyclic) bond motifs is 1. The zero-order valence-corrected chi connectivity index (χ0v) is 21.1. The molecule has 35 heavy (non-hydrogen) atoms. The Bertz CT molecular complexity index is 1210. The molecule has 1 saturated heterocycles. The van der Waals surface area contributed by atoms with Crippen molar-refractivity contribution in [3.63, 3.8) is 0 Å². The van der Waals surface area contributed by atoms with E-state index in [4.69, 9.17) is 0 Å². The third kappa shape index (κ3) is 4.69. The van der Waals surface area contributed by atoms with Crippen molar-refractivity contribution < 1.29 is 24.2 Å². The van der Waals surface area contributed by atoms with Crippen molar-refractivity contribution in [1.82, 2.24) is 10.0 Å². The van der Waals surface area contributed by atoms with Gasteiger partial charge in [-0.1, -0.05) is 56.1 Å². The molecular formula is C22H18Br2N4O7. The summed E-state index contributed by atoms with van der Waals surface area (Å²) in [5.41, 5.74) is -0.672. The Morgan fingerprint density at radius 3 is 2.11 bits per heavy atom. The topological polar surface area (TPSA) is 144 Å². The van der Waals surface area contributed by atoms with Crippen LogP contribution in [-0.4, -0.2) is 47.2 Å². The van der Waals surface area contributed by atoms with E-state index in [9.17, 15) is 34.6 Å². The van der Waals surface area contributed by atoms with Gasteiger partial charge < -0.3 is 0 Å². The lowest BCUT2D eigenvalue weighted by molar-refractivity contribution is -0.385. The third-order valence-corrected chi connectivity index (χ3v) is 8.91. The number of para-hydroxylation sites is 1. The molecule has 13 heteroatoms. The van der Waals surface area contributed by atoms with Gasteiger partial charge in [0.1, 0.15) is 0 Å². The molecule has 11 nitrogen and oxygen atoms in total. The number of halogens is 2. The summed E-state index contributed by atoms with van der Waals surface area (Å²) in [6.45, 7) is -0.453. The van der Waals surface area contributed by atoms with E-state index >= 15 is 0 Å². The first kappa shape index (κ1) is 24.9. The number of imide groups is 1. The first-order chi connectivity index (χ1) is 16.6. The molecule has 0 aromatic heterocycles. The molecule has 4 atom stereocenters. The minimum absolute atomic E-state index is 0.0587. The number of carbonyl (C=O) groups excluding carboxylic acids is 3. The van der Waals surface area contributed by atoms with E-state index in [-0.39, 0.29) is 32.2 Å². The lowest BCUT2D eigenvalue weighted by Gasteiger charge is -2.30. The van der Waals surface area contributed by atoms with Crippen LogP contribution >= 0.6 is 31.9 Å². The standard InChI is InChI=1S/C22H18Br2N4O7/c23-17-9-15-16(10-18(17)24)22(31)26(21(15)30)25(11-13-4-1-2-7-19(13)28(34)35)20(29)12-5-3-6-14(8-12)27(32)33/h1-8,15-18H,9-11H2/t15-,16+,17-,18-/m0/s1. The third-order valence-electron chi connectivity index (χ3n) is 6.18. The summed E-state index contributed by atoms with van der Waals surface area (Å²) in [6.07, 6.45) is 0.734. The van der Waals surface area contributed by atoms with Gasteiger partial charge in [-0.25, -0.2) is 5.01 Å². The minimum Gasteiger partial charge on any atom is -0.272 e. The first-order valence-electron chi connectivity index (χ1n) is 10.5. The molecule has 3 amide bonds. The second kappa shape index (κ2) is 9.82. The molecule has 0 spiro atoms. The molecule has 0 N–H and O–H groups in total. The lowest BCUT2D eigenvalue weighted by atomic mass is 9.81. The molecule has 2 aliphatic rings. The Labute approximate surface area is 215 Å². The van der Waals surface area contributed by atoms with Crippen molar-refractivity contribution in [2.45, 2.75) is 29.0 Å². The van der Waals surface area contributed by atoms with Crippen molar-refractivity contribution in [2.75, 3.05) is 0 Å². The maximum absolute atomic E-state index is 13.6. The highest BCUT2D eigenvalue weighted by Crippen LogP contribution is 2.44. The van der Waals surface area contributed by atoms with Crippen LogP contribution in [-0.2, 0) is 16.1 Å². The van der Waals surface area contributed by atoms with E-state index in [1.54, 1.807) is 0 Å². The van der Waals surface area contributed by atoms with Crippen LogP contribution in [0.1, 0.15) is 28.8 Å². The molecule has 1 saturated carbocycles. The fraction of sp³-hybridized carbons (Fsp3) is 0.318. The van der Waals surface area contributed by atoms with Crippen LogP contribution in [0, 0.1) is 32.1 Å². The van der Waals surface area contributed by atoms with Crippen molar-refractivity contribution in [1.29, 1.82) is 0 Å². The first-order valence-corrected chi connectivity index (χ1v) is 12.4. The largest absolute Gasteiger partial charge is 0.274 e. The van der Waals surface area contributed by atoms with Gasteiger partial charge in [0.25, 0.3) is 29.1 Å². The average Bonchev–Trinajstić information content (AvgIpc) is 3.06. The minimum atomic E-state index is -0.863. The fourth-order valence-electron chi connectivity index (χ4n) is 4.43. The summed E-state index contributed by atoms with van der Waals surface area (Å²) in [5, 5.41) is 24.4. The second-order valence-electron chi connectivity index (χ2n) is 8.26. The summed E-state index contributed by atoms with van der Waals surface area (Å²) in [5.74, 6) is -3.35. The van der Waals surface area contributed by atoms with Gasteiger partial charge in [0.15, 0.2) is 0 Å². The zero-order valence-electron chi connectivity index (χ0n) is 18.0. The normalized spacial score (nSPS) is 23.7. The molecule has 0 unspecified atom stereocenters. The van der Waals surface area contributed by atoms with Gasteiger partial charge in [0.05, 0.1) is 33.8 Å². The highest BCUT2D eigenvalue weighted by atomic mass is 79.9. The van der Waals surface area contributed by atoms with Crippen LogP contribution in [0.15, 0.2) is 48.5 Å². The van der Waals surface area contributed by atoms with E-state index in [2.05, 4.69) is 31.9 Å². The Morgan fingerprint density at radius 2 is 1.54 bits per heavy atom. The molecule has 1 heterocycles. The van der Waals surface area contributed by atoms with Gasteiger partial charge in [-0.3, -0.25) is 34.6 Å². The van der Waals surface area contributed by atoms with Crippen molar-refractivity contribution in [3.8, 4) is 0 Å². The van der Waals surface area contributed by atoms with Gasteiger partial charge >= 0.3 is 0 Å². The second-order valence-corrected chi connectivity index (χ2v) is 10.6. The van der Waals surface area contributed by atoms with Gasteiger partial charge in [-0.15, -0.1) is 0 Å². The number of hydrazine groups is 1. The number of nitrogens with zero attached hydrogens (tertiary/aromatic N) is 4. The molecule has 0 radical (unpaired) electrons. The molecule has 182 valence electrons. The van der Waals surface area contributed by atoms with E-state index < -0.39 is 45.9 Å². The Balaban J connectivity index is 1.78. The number of alkyl halides is 2. The predicted octanol–water partition coefficient (Wildman–Crippen LogP) is 3.98. The quantitative estimate of drug-likeness (QED) is 0.208. The zero-order chi connectivity index (χ0) is 25.4. The fourth-order valence-corrected chi connectivity index (χ4v) is 5.67. The summed E-state index contributed by atoms with van der Waals surface area (Å²) in [4.78, 5) is 61.8. The number of nitro groups is 2. The summed E-state index contributed by atoms with van der Waals surface area (Å²) in [7, 11) is 0. The van der Waals surface area contributed by atoms with E-state index in [1.165, 1.54) is 42.5 Å². The number of non-ortho nitro benzene ring substituents is 1. The number of benzene rings is 2. The summed E-state index contributed by atoms with van der Waals surface area (Å²) in [6, 6.07) is 10.6. The molecule has 1 aliphatic carbocycles. The summed E-state index contributed by atoms with van der Waals surface area (Å²) < 4.78 is 0. The molecule has 0 bridgehead atoms. The monoisotopic (exact) mass is 608 g/mol. The molecule has 2 aromatic carbocycles. The van der Waals surface area contributed by atoms with Crippen LogP contribution < -0.4 is 0 Å². The van der Waals surface area contributed by atoms with Crippen LogP contribution in [0.4, 0.5) is 11.4 Å². The Morgan fingerprint density at radius 1 is 0.943 bits per heavy atom. The molecule has 4 rings (SSSR count). The smallest absolute Gasteiger partial charge is 0.272 e. The van der Waals surface area contributed by atoms with E-state index in [1.807, 2.05) is 0 Å². The molecule has 2 fully saturated rings. The maximum atomic E-state index is 13.6. The van der Waals surface area contributed by atoms with Crippen molar-refractivity contribution >= 4 is 61.0 Å².